The second-order valence-electron chi connectivity index (χ2n) is 4.88. The fourth-order valence-corrected chi connectivity index (χ4v) is 2.30. The Balaban J connectivity index is 2.15. The van der Waals surface area contributed by atoms with Crippen LogP contribution in [-0.2, 0) is 16.6 Å². The smallest absolute Gasteiger partial charge is 0.232 e. The Morgan fingerprint density at radius 2 is 1.74 bits per heavy atom. The molecule has 6 nitrogen and oxygen atoms in total. The Morgan fingerprint density at radius 3 is 2.30 bits per heavy atom. The van der Waals surface area contributed by atoms with E-state index in [1.54, 1.807) is 31.4 Å². The first-order valence-corrected chi connectivity index (χ1v) is 8.82. The van der Waals surface area contributed by atoms with Gasteiger partial charge in [-0.1, -0.05) is 30.3 Å². The van der Waals surface area contributed by atoms with Crippen LogP contribution in [-0.4, -0.2) is 27.7 Å². The van der Waals surface area contributed by atoms with Gasteiger partial charge in [0.2, 0.25) is 16.0 Å². The number of rotatable bonds is 5. The molecule has 0 aromatic heterocycles. The van der Waals surface area contributed by atoms with Crippen LogP contribution >= 0.6 is 0 Å². The molecular formula is C16H19N3O3S. The van der Waals surface area contributed by atoms with Crippen molar-refractivity contribution in [1.29, 1.82) is 0 Å². The van der Waals surface area contributed by atoms with Crippen molar-refractivity contribution in [2.45, 2.75) is 6.54 Å². The molecule has 0 spiro atoms. The fraction of sp³-hybridized carbons (Fsp3) is 0.188. The third kappa shape index (κ3) is 5.99. The number of guanidine groups is 1. The Hall–Kier alpha value is -2.54. The monoisotopic (exact) mass is 333 g/mol. The first kappa shape index (κ1) is 16.8. The van der Waals surface area contributed by atoms with Gasteiger partial charge < -0.3 is 10.1 Å². The predicted octanol–water partition coefficient (Wildman–Crippen LogP) is 2.21. The van der Waals surface area contributed by atoms with Gasteiger partial charge in [0.15, 0.2) is 0 Å². The number of aliphatic imine (C=N–C) groups is 1. The number of benzene rings is 2. The van der Waals surface area contributed by atoms with E-state index in [0.29, 0.717) is 12.2 Å². The number of nitrogens with one attached hydrogen (secondary N) is 2. The van der Waals surface area contributed by atoms with Crippen molar-refractivity contribution in [3.8, 4) is 5.75 Å². The lowest BCUT2D eigenvalue weighted by Crippen LogP contribution is -2.35. The van der Waals surface area contributed by atoms with Crippen molar-refractivity contribution in [1.82, 2.24) is 4.72 Å². The van der Waals surface area contributed by atoms with E-state index in [1.165, 1.54) is 0 Å². The molecule has 2 aromatic carbocycles. The third-order valence-electron chi connectivity index (χ3n) is 2.90. The summed E-state index contributed by atoms with van der Waals surface area (Å²) in [7, 11) is -1.84. The number of sulfonamides is 1. The largest absolute Gasteiger partial charge is 0.497 e. The molecule has 2 rings (SSSR count). The van der Waals surface area contributed by atoms with Gasteiger partial charge in [0.25, 0.3) is 0 Å². The molecule has 0 saturated carbocycles. The summed E-state index contributed by atoms with van der Waals surface area (Å²) in [5.74, 6) is 0.885. The zero-order valence-electron chi connectivity index (χ0n) is 13.0. The van der Waals surface area contributed by atoms with Crippen molar-refractivity contribution in [3.05, 3.63) is 60.2 Å². The Morgan fingerprint density at radius 1 is 1.09 bits per heavy atom. The van der Waals surface area contributed by atoms with Crippen molar-refractivity contribution in [2.75, 3.05) is 18.7 Å². The van der Waals surface area contributed by atoms with Crippen LogP contribution in [0.4, 0.5) is 5.69 Å². The van der Waals surface area contributed by atoms with Gasteiger partial charge in [-0.15, -0.1) is 0 Å². The van der Waals surface area contributed by atoms with Crippen molar-refractivity contribution in [2.24, 2.45) is 4.99 Å². The minimum atomic E-state index is -3.43. The molecule has 0 unspecified atom stereocenters. The van der Waals surface area contributed by atoms with Gasteiger partial charge >= 0.3 is 0 Å². The molecule has 2 aromatic rings. The van der Waals surface area contributed by atoms with E-state index in [-0.39, 0.29) is 5.96 Å². The van der Waals surface area contributed by atoms with Crippen LogP contribution in [0.15, 0.2) is 59.6 Å². The van der Waals surface area contributed by atoms with Gasteiger partial charge in [-0.05, 0) is 29.8 Å². The first-order chi connectivity index (χ1) is 11.0. The number of ether oxygens (including phenoxy) is 1. The van der Waals surface area contributed by atoms with E-state index < -0.39 is 10.0 Å². The summed E-state index contributed by atoms with van der Waals surface area (Å²) in [5.41, 5.74) is 1.69. The van der Waals surface area contributed by atoms with E-state index in [2.05, 4.69) is 15.0 Å². The second kappa shape index (κ2) is 7.64. The third-order valence-corrected chi connectivity index (χ3v) is 3.46. The molecule has 0 aliphatic heterocycles. The zero-order chi connectivity index (χ0) is 16.7. The second-order valence-corrected chi connectivity index (χ2v) is 6.63. The van der Waals surface area contributed by atoms with Gasteiger partial charge in [0.1, 0.15) is 5.75 Å². The van der Waals surface area contributed by atoms with Crippen LogP contribution < -0.4 is 14.8 Å². The van der Waals surface area contributed by atoms with Crippen molar-refractivity contribution in [3.63, 3.8) is 0 Å². The SMILES string of the molecule is COc1ccc(NC(=NCc2ccccc2)NS(C)(=O)=O)cc1. The standard InChI is InChI=1S/C16H19N3O3S/c1-22-15-10-8-14(9-11-15)18-16(19-23(2,20)21)17-12-13-6-4-3-5-7-13/h3-11H,12H2,1-2H3,(H2,17,18,19). The van der Waals surface area contributed by atoms with E-state index in [0.717, 1.165) is 17.6 Å². The molecule has 0 aliphatic carbocycles. The highest BCUT2D eigenvalue weighted by Gasteiger charge is 2.07. The van der Waals surface area contributed by atoms with Crippen LogP contribution in [0.25, 0.3) is 0 Å². The summed E-state index contributed by atoms with van der Waals surface area (Å²) < 4.78 is 30.5. The molecule has 122 valence electrons. The fourth-order valence-electron chi connectivity index (χ4n) is 1.84. The van der Waals surface area contributed by atoms with E-state index in [1.807, 2.05) is 30.3 Å². The Kier molecular flexibility index (Phi) is 5.59. The lowest BCUT2D eigenvalue weighted by atomic mass is 10.2. The normalized spacial score (nSPS) is 11.8. The summed E-state index contributed by atoms with van der Waals surface area (Å²) in [6.45, 7) is 0.363. The number of anilines is 1. The molecule has 0 bridgehead atoms. The van der Waals surface area contributed by atoms with Gasteiger partial charge in [0.05, 0.1) is 19.9 Å². The highest BCUT2D eigenvalue weighted by molar-refractivity contribution is 7.89. The average molecular weight is 333 g/mol. The van der Waals surface area contributed by atoms with Gasteiger partial charge in [-0.3, -0.25) is 4.72 Å². The molecule has 0 amide bonds. The number of hydrogen-bond donors (Lipinski definition) is 2. The molecule has 0 fully saturated rings. The maximum absolute atomic E-state index is 11.5. The van der Waals surface area contributed by atoms with Gasteiger partial charge in [-0.2, -0.15) is 0 Å². The average Bonchev–Trinajstić information content (AvgIpc) is 2.53. The molecule has 0 aliphatic rings. The molecule has 0 atom stereocenters. The minimum Gasteiger partial charge on any atom is -0.497 e. The molecule has 0 radical (unpaired) electrons. The van der Waals surface area contributed by atoms with Gasteiger partial charge in [-0.25, -0.2) is 13.4 Å². The lowest BCUT2D eigenvalue weighted by molar-refractivity contribution is 0.415. The van der Waals surface area contributed by atoms with Crippen LogP contribution in [0.1, 0.15) is 5.56 Å². The Labute approximate surface area is 136 Å². The predicted molar refractivity (Wildman–Crippen MR) is 92.2 cm³/mol. The lowest BCUT2D eigenvalue weighted by Gasteiger charge is -2.11. The summed E-state index contributed by atoms with van der Waals surface area (Å²) in [6.07, 6.45) is 1.08. The quantitative estimate of drug-likeness (QED) is 0.649. The highest BCUT2D eigenvalue weighted by atomic mass is 32.2. The summed E-state index contributed by atoms with van der Waals surface area (Å²) in [6, 6.07) is 16.7. The van der Waals surface area contributed by atoms with Crippen molar-refractivity contribution >= 4 is 21.7 Å². The van der Waals surface area contributed by atoms with Crippen molar-refractivity contribution < 1.29 is 13.2 Å². The van der Waals surface area contributed by atoms with Crippen LogP contribution in [0.3, 0.4) is 0 Å². The zero-order valence-corrected chi connectivity index (χ0v) is 13.8. The van der Waals surface area contributed by atoms with Crippen LogP contribution in [0.5, 0.6) is 5.75 Å². The van der Waals surface area contributed by atoms with E-state index in [9.17, 15) is 8.42 Å². The molecule has 23 heavy (non-hydrogen) atoms. The van der Waals surface area contributed by atoms with Crippen LogP contribution in [0, 0.1) is 0 Å². The molecular weight excluding hydrogens is 314 g/mol. The number of methoxy groups -OCH3 is 1. The topological polar surface area (TPSA) is 79.8 Å². The highest BCUT2D eigenvalue weighted by Crippen LogP contribution is 2.15. The molecule has 0 saturated heterocycles. The number of nitrogens with zero attached hydrogens (tertiary/aromatic N) is 1. The molecule has 0 heterocycles. The van der Waals surface area contributed by atoms with E-state index in [4.69, 9.17) is 4.74 Å². The molecule has 2 N–H and O–H groups in total. The van der Waals surface area contributed by atoms with Gasteiger partial charge in [0, 0.05) is 5.69 Å². The molecule has 7 heteroatoms. The Bertz CT molecular complexity index is 757. The van der Waals surface area contributed by atoms with Crippen LogP contribution in [0.2, 0.25) is 0 Å². The summed E-state index contributed by atoms with van der Waals surface area (Å²) >= 11 is 0. The number of hydrogen-bond acceptors (Lipinski definition) is 4. The maximum atomic E-state index is 11.5. The first-order valence-electron chi connectivity index (χ1n) is 6.93. The minimum absolute atomic E-state index is 0.168. The summed E-state index contributed by atoms with van der Waals surface area (Å²) in [5, 5.41) is 2.96. The van der Waals surface area contributed by atoms with E-state index >= 15 is 0 Å². The maximum Gasteiger partial charge on any atom is 0.232 e. The summed E-state index contributed by atoms with van der Waals surface area (Å²) in [4.78, 5) is 4.30.